The van der Waals surface area contributed by atoms with Crippen LogP contribution < -0.4 is 19.5 Å². The summed E-state index contributed by atoms with van der Waals surface area (Å²) in [4.78, 5) is 13.3. The van der Waals surface area contributed by atoms with E-state index in [1.807, 2.05) is 12.1 Å². The lowest BCUT2D eigenvalue weighted by atomic mass is 9.85. The van der Waals surface area contributed by atoms with E-state index in [0.29, 0.717) is 34.1 Å². The molecule has 0 spiro atoms. The second kappa shape index (κ2) is 8.67. The van der Waals surface area contributed by atoms with Crippen molar-refractivity contribution in [3.63, 3.8) is 0 Å². The first-order valence-corrected chi connectivity index (χ1v) is 8.99. The van der Waals surface area contributed by atoms with Crippen LogP contribution in [0.4, 0.5) is 5.69 Å². The van der Waals surface area contributed by atoms with Crippen molar-refractivity contribution in [3.05, 3.63) is 83.9 Å². The summed E-state index contributed by atoms with van der Waals surface area (Å²) in [6.45, 7) is 0. The molecule has 3 aromatic rings. The van der Waals surface area contributed by atoms with E-state index in [0.717, 1.165) is 0 Å². The van der Waals surface area contributed by atoms with Crippen LogP contribution in [0.3, 0.4) is 0 Å². The fraction of sp³-hybridized carbons (Fsp3) is 0.174. The van der Waals surface area contributed by atoms with Gasteiger partial charge in [0.15, 0.2) is 17.1 Å². The molecule has 150 valence electrons. The van der Waals surface area contributed by atoms with E-state index in [4.69, 9.17) is 14.2 Å². The first-order chi connectivity index (χ1) is 14.0. The maximum Gasteiger partial charge on any atom is 0.265 e. The minimum Gasteiger partial charge on any atom is -0.493 e. The van der Waals surface area contributed by atoms with Crippen molar-refractivity contribution in [2.45, 2.75) is 5.60 Å². The second-order valence-corrected chi connectivity index (χ2v) is 6.31. The Labute approximate surface area is 169 Å². The summed E-state index contributed by atoms with van der Waals surface area (Å²) in [5.74, 6) is 0.591. The highest BCUT2D eigenvalue weighted by molar-refractivity contribution is 6.00. The van der Waals surface area contributed by atoms with Crippen molar-refractivity contribution in [3.8, 4) is 17.2 Å². The summed E-state index contributed by atoms with van der Waals surface area (Å²) in [5, 5.41) is 14.3. The van der Waals surface area contributed by atoms with Gasteiger partial charge in [-0.25, -0.2) is 0 Å². The average molecular weight is 393 g/mol. The van der Waals surface area contributed by atoms with E-state index in [1.54, 1.807) is 60.7 Å². The highest BCUT2D eigenvalue weighted by Gasteiger charge is 2.40. The highest BCUT2D eigenvalue weighted by Crippen LogP contribution is 2.40. The summed E-state index contributed by atoms with van der Waals surface area (Å²) in [7, 11) is 4.49. The number of benzene rings is 3. The first-order valence-electron chi connectivity index (χ1n) is 8.99. The van der Waals surface area contributed by atoms with Gasteiger partial charge in [-0.2, -0.15) is 0 Å². The lowest BCUT2D eigenvalue weighted by molar-refractivity contribution is -0.131. The number of carbonyl (C=O) groups is 1. The number of methoxy groups -OCH3 is 3. The molecule has 3 rings (SSSR count). The molecule has 29 heavy (non-hydrogen) atoms. The van der Waals surface area contributed by atoms with E-state index in [9.17, 15) is 9.90 Å². The summed E-state index contributed by atoms with van der Waals surface area (Å²) in [6, 6.07) is 20.8. The largest absolute Gasteiger partial charge is 0.493 e. The summed E-state index contributed by atoms with van der Waals surface area (Å²) < 4.78 is 16.0. The molecule has 0 fully saturated rings. The molecular weight excluding hydrogens is 370 g/mol. The maximum atomic E-state index is 13.3. The van der Waals surface area contributed by atoms with Crippen LogP contribution in [0.2, 0.25) is 0 Å². The van der Waals surface area contributed by atoms with Crippen molar-refractivity contribution >= 4 is 11.6 Å². The molecule has 0 heterocycles. The average Bonchev–Trinajstić information content (AvgIpc) is 2.78. The van der Waals surface area contributed by atoms with E-state index in [1.165, 1.54) is 21.3 Å². The Morgan fingerprint density at radius 3 is 1.62 bits per heavy atom. The minimum absolute atomic E-state index is 0.394. The van der Waals surface area contributed by atoms with Gasteiger partial charge in [-0.15, -0.1) is 0 Å². The molecule has 0 unspecified atom stereocenters. The monoisotopic (exact) mass is 393 g/mol. The molecule has 0 aliphatic carbocycles. The van der Waals surface area contributed by atoms with Gasteiger partial charge in [0.2, 0.25) is 5.75 Å². The Balaban J connectivity index is 2.05. The van der Waals surface area contributed by atoms with Gasteiger partial charge in [-0.1, -0.05) is 60.7 Å². The smallest absolute Gasteiger partial charge is 0.265 e. The summed E-state index contributed by atoms with van der Waals surface area (Å²) >= 11 is 0. The van der Waals surface area contributed by atoms with Gasteiger partial charge in [-0.05, 0) is 11.1 Å². The van der Waals surface area contributed by atoms with E-state index >= 15 is 0 Å². The van der Waals surface area contributed by atoms with Crippen LogP contribution in [0.5, 0.6) is 17.2 Å². The minimum atomic E-state index is -1.89. The molecule has 1 amide bonds. The van der Waals surface area contributed by atoms with Crippen LogP contribution in [0, 0.1) is 0 Å². The molecule has 0 aliphatic heterocycles. The predicted molar refractivity (Wildman–Crippen MR) is 111 cm³/mol. The quantitative estimate of drug-likeness (QED) is 0.642. The van der Waals surface area contributed by atoms with Crippen LogP contribution in [-0.2, 0) is 10.4 Å². The molecule has 3 aromatic carbocycles. The zero-order chi connectivity index (χ0) is 20.9. The van der Waals surface area contributed by atoms with Gasteiger partial charge in [0.05, 0.1) is 21.3 Å². The molecule has 0 saturated heterocycles. The molecule has 0 aliphatic rings. The predicted octanol–water partition coefficient (Wildman–Crippen LogP) is 3.59. The zero-order valence-electron chi connectivity index (χ0n) is 16.5. The fourth-order valence-corrected chi connectivity index (χ4v) is 3.16. The third kappa shape index (κ3) is 3.88. The highest BCUT2D eigenvalue weighted by atomic mass is 16.5. The molecular formula is C23H23NO5. The topological polar surface area (TPSA) is 77.0 Å². The molecule has 6 heteroatoms. The lowest BCUT2D eigenvalue weighted by Gasteiger charge is -2.28. The molecule has 0 atom stereocenters. The van der Waals surface area contributed by atoms with Crippen molar-refractivity contribution in [2.24, 2.45) is 0 Å². The van der Waals surface area contributed by atoms with Gasteiger partial charge in [0.25, 0.3) is 5.91 Å². The third-order valence-electron chi connectivity index (χ3n) is 4.63. The van der Waals surface area contributed by atoms with Gasteiger partial charge < -0.3 is 24.6 Å². The number of aliphatic hydroxyl groups is 1. The number of ether oxygens (including phenoxy) is 3. The van der Waals surface area contributed by atoms with Crippen molar-refractivity contribution in [2.75, 3.05) is 26.6 Å². The summed E-state index contributed by atoms with van der Waals surface area (Å²) in [5.41, 5.74) is -0.579. The number of nitrogens with one attached hydrogen (secondary N) is 1. The first kappa shape index (κ1) is 20.2. The standard InChI is InChI=1S/C23H23NO5/c1-27-19-14-18(15-20(28-2)21(19)29-3)24-22(25)23(26,16-10-6-4-7-11-16)17-12-8-5-9-13-17/h4-15,26H,1-3H3,(H,24,25). The Morgan fingerprint density at radius 2 is 1.24 bits per heavy atom. The number of rotatable bonds is 7. The lowest BCUT2D eigenvalue weighted by Crippen LogP contribution is -2.41. The van der Waals surface area contributed by atoms with Gasteiger partial charge in [0.1, 0.15) is 0 Å². The van der Waals surface area contributed by atoms with E-state index < -0.39 is 11.5 Å². The zero-order valence-corrected chi connectivity index (χ0v) is 16.5. The maximum absolute atomic E-state index is 13.3. The molecule has 6 nitrogen and oxygen atoms in total. The number of anilines is 1. The second-order valence-electron chi connectivity index (χ2n) is 6.31. The van der Waals surface area contributed by atoms with Gasteiger partial charge >= 0.3 is 0 Å². The van der Waals surface area contributed by atoms with Crippen LogP contribution >= 0.6 is 0 Å². The molecule has 0 bridgehead atoms. The SMILES string of the molecule is COc1cc(NC(=O)C(O)(c2ccccc2)c2ccccc2)cc(OC)c1OC. The molecule has 0 saturated carbocycles. The van der Waals surface area contributed by atoms with Crippen molar-refractivity contribution < 1.29 is 24.1 Å². The Hall–Kier alpha value is -3.51. The fourth-order valence-electron chi connectivity index (χ4n) is 3.16. The van der Waals surface area contributed by atoms with Crippen molar-refractivity contribution in [1.82, 2.24) is 0 Å². The normalized spacial score (nSPS) is 10.9. The van der Waals surface area contributed by atoms with Crippen LogP contribution in [0.15, 0.2) is 72.8 Å². The van der Waals surface area contributed by atoms with Gasteiger partial charge in [-0.3, -0.25) is 4.79 Å². The Kier molecular flexibility index (Phi) is 6.04. The number of amides is 1. The Morgan fingerprint density at radius 1 is 0.793 bits per heavy atom. The molecule has 0 aromatic heterocycles. The third-order valence-corrected chi connectivity index (χ3v) is 4.63. The molecule has 2 N–H and O–H groups in total. The van der Waals surface area contributed by atoms with Crippen LogP contribution in [-0.4, -0.2) is 32.3 Å². The number of carbonyl (C=O) groups excluding carboxylic acids is 1. The van der Waals surface area contributed by atoms with E-state index in [-0.39, 0.29) is 0 Å². The summed E-state index contributed by atoms with van der Waals surface area (Å²) in [6.07, 6.45) is 0. The van der Waals surface area contributed by atoms with Gasteiger partial charge in [0, 0.05) is 17.8 Å². The van der Waals surface area contributed by atoms with E-state index in [2.05, 4.69) is 5.32 Å². The van der Waals surface area contributed by atoms with Crippen LogP contribution in [0.1, 0.15) is 11.1 Å². The van der Waals surface area contributed by atoms with Crippen LogP contribution in [0.25, 0.3) is 0 Å². The van der Waals surface area contributed by atoms with Crippen molar-refractivity contribution in [1.29, 1.82) is 0 Å². The number of hydrogen-bond acceptors (Lipinski definition) is 5. The Bertz CT molecular complexity index is 909. The molecule has 0 radical (unpaired) electrons. The number of hydrogen-bond donors (Lipinski definition) is 2.